The van der Waals surface area contributed by atoms with Crippen LogP contribution in [0.15, 0.2) is 12.1 Å². The smallest absolute Gasteiger partial charge is 0.125 e. The lowest BCUT2D eigenvalue weighted by molar-refractivity contribution is 0.209. The Kier molecular flexibility index (Phi) is 2.51. The highest BCUT2D eigenvalue weighted by atomic mass is 35.5. The van der Waals surface area contributed by atoms with Crippen LogP contribution in [0, 0.1) is 0 Å². The summed E-state index contributed by atoms with van der Waals surface area (Å²) < 4.78 is 5.64. The molecule has 3 nitrogen and oxygen atoms in total. The van der Waals surface area contributed by atoms with Gasteiger partial charge in [0.1, 0.15) is 5.75 Å². The maximum Gasteiger partial charge on any atom is 0.125 e. The van der Waals surface area contributed by atoms with Crippen molar-refractivity contribution in [3.8, 4) is 5.75 Å². The van der Waals surface area contributed by atoms with Crippen molar-refractivity contribution in [1.29, 1.82) is 0 Å². The van der Waals surface area contributed by atoms with Gasteiger partial charge in [0.15, 0.2) is 0 Å². The van der Waals surface area contributed by atoms with Gasteiger partial charge in [0.05, 0.1) is 22.2 Å². The van der Waals surface area contributed by atoms with Gasteiger partial charge in [0.25, 0.3) is 0 Å². The first-order chi connectivity index (χ1) is 7.71. The molecule has 1 aromatic rings. The van der Waals surface area contributed by atoms with Gasteiger partial charge in [0.2, 0.25) is 0 Å². The van der Waals surface area contributed by atoms with Crippen molar-refractivity contribution in [2.45, 2.75) is 12.0 Å². The maximum absolute atomic E-state index is 6.07. The Morgan fingerprint density at radius 1 is 1.25 bits per heavy atom. The van der Waals surface area contributed by atoms with Crippen LogP contribution in [0.4, 0.5) is 0 Å². The predicted octanol–water partition coefficient (Wildman–Crippen LogP) is 2.12. The molecule has 1 saturated heterocycles. The molecule has 5 heteroatoms. The second-order valence-corrected chi connectivity index (χ2v) is 5.04. The quantitative estimate of drug-likeness (QED) is 0.748. The first kappa shape index (κ1) is 10.7. The molecule has 1 spiro atoms. The van der Waals surface area contributed by atoms with E-state index < -0.39 is 0 Å². The monoisotopic (exact) mass is 258 g/mol. The second kappa shape index (κ2) is 3.77. The molecular formula is C11H12Cl2N2O. The van der Waals surface area contributed by atoms with Crippen LogP contribution in [0.1, 0.15) is 12.0 Å². The number of fused-ring (bicyclic) bond motifs is 2. The van der Waals surface area contributed by atoms with Crippen LogP contribution in [0.3, 0.4) is 0 Å². The number of benzene rings is 1. The van der Waals surface area contributed by atoms with Crippen LogP contribution in [0.25, 0.3) is 0 Å². The third-order valence-corrected chi connectivity index (χ3v) is 4.03. The van der Waals surface area contributed by atoms with Gasteiger partial charge in [-0.2, -0.15) is 0 Å². The van der Waals surface area contributed by atoms with Crippen molar-refractivity contribution in [2.75, 3.05) is 19.8 Å². The van der Waals surface area contributed by atoms with Crippen molar-refractivity contribution >= 4 is 23.2 Å². The summed E-state index contributed by atoms with van der Waals surface area (Å²) in [7, 11) is 0. The first-order valence-electron chi connectivity index (χ1n) is 5.29. The molecule has 1 fully saturated rings. The summed E-state index contributed by atoms with van der Waals surface area (Å²) in [5, 5.41) is 7.92. The van der Waals surface area contributed by atoms with Gasteiger partial charge in [-0.15, -0.1) is 0 Å². The molecule has 2 aliphatic heterocycles. The van der Waals surface area contributed by atoms with Crippen molar-refractivity contribution in [1.82, 2.24) is 10.6 Å². The lowest BCUT2D eigenvalue weighted by Crippen LogP contribution is -2.43. The Morgan fingerprint density at radius 2 is 2.06 bits per heavy atom. The zero-order valence-electron chi connectivity index (χ0n) is 8.65. The Hall–Kier alpha value is -0.480. The van der Waals surface area contributed by atoms with E-state index in [2.05, 4.69) is 10.6 Å². The Balaban J connectivity index is 2.14. The van der Waals surface area contributed by atoms with Crippen molar-refractivity contribution in [3.63, 3.8) is 0 Å². The molecule has 2 aliphatic rings. The third-order valence-electron chi connectivity index (χ3n) is 3.30. The van der Waals surface area contributed by atoms with E-state index >= 15 is 0 Å². The average Bonchev–Trinajstić information content (AvgIpc) is 2.71. The fraction of sp³-hybridized carbons (Fsp3) is 0.455. The van der Waals surface area contributed by atoms with E-state index in [1.165, 1.54) is 0 Å². The molecule has 1 unspecified atom stereocenters. The molecule has 16 heavy (non-hydrogen) atoms. The van der Waals surface area contributed by atoms with Crippen LogP contribution >= 0.6 is 23.2 Å². The number of ether oxygens (including phenoxy) is 1. The van der Waals surface area contributed by atoms with Crippen LogP contribution < -0.4 is 15.4 Å². The first-order valence-corrected chi connectivity index (χ1v) is 6.05. The number of rotatable bonds is 0. The predicted molar refractivity (Wildman–Crippen MR) is 64.3 cm³/mol. The summed E-state index contributed by atoms with van der Waals surface area (Å²) in [5.41, 5.74) is 1.07. The van der Waals surface area contributed by atoms with E-state index in [0.717, 1.165) is 30.9 Å². The molecule has 1 aromatic carbocycles. The van der Waals surface area contributed by atoms with E-state index in [1.807, 2.05) is 6.07 Å². The molecule has 3 rings (SSSR count). The minimum absolute atomic E-state index is 0.0399. The highest BCUT2D eigenvalue weighted by Gasteiger charge is 2.40. The zero-order chi connectivity index (χ0) is 11.2. The summed E-state index contributed by atoms with van der Waals surface area (Å²) >= 11 is 12.1. The molecule has 0 aliphatic carbocycles. The van der Waals surface area contributed by atoms with Crippen LogP contribution in [-0.4, -0.2) is 19.8 Å². The fourth-order valence-electron chi connectivity index (χ4n) is 2.43. The standard InChI is InChI=1S/C11H12Cl2N2O/c12-8-3-7-10(4-9(8)13)16-2-1-11(7)5-14-6-15-11/h3-4,14-15H,1-2,5-6H2. The Labute approximate surface area is 104 Å². The van der Waals surface area contributed by atoms with Crippen LogP contribution in [0.2, 0.25) is 10.0 Å². The second-order valence-electron chi connectivity index (χ2n) is 4.22. The van der Waals surface area contributed by atoms with Gasteiger partial charge in [-0.05, 0) is 6.07 Å². The SMILES string of the molecule is Clc1cc2c(cc1Cl)C1(CCO2)CNCN1. The maximum atomic E-state index is 6.07. The normalized spacial score (nSPS) is 27.9. The summed E-state index contributed by atoms with van der Waals surface area (Å²) in [6, 6.07) is 3.72. The summed E-state index contributed by atoms with van der Waals surface area (Å²) in [6.45, 7) is 2.43. The average molecular weight is 259 g/mol. The third kappa shape index (κ3) is 1.51. The highest BCUT2D eigenvalue weighted by Crippen LogP contribution is 2.41. The fourth-order valence-corrected chi connectivity index (χ4v) is 2.75. The van der Waals surface area contributed by atoms with Crippen molar-refractivity contribution in [3.05, 3.63) is 27.7 Å². The lowest BCUT2D eigenvalue weighted by atomic mass is 9.85. The van der Waals surface area contributed by atoms with Gasteiger partial charge in [0, 0.05) is 31.3 Å². The number of nitrogens with one attached hydrogen (secondary N) is 2. The molecule has 0 bridgehead atoms. The summed E-state index contributed by atoms with van der Waals surface area (Å²) in [5.74, 6) is 0.844. The minimum atomic E-state index is -0.0399. The van der Waals surface area contributed by atoms with Crippen LogP contribution in [0.5, 0.6) is 5.75 Å². The number of hydrogen-bond acceptors (Lipinski definition) is 3. The largest absolute Gasteiger partial charge is 0.493 e. The molecule has 86 valence electrons. The van der Waals surface area contributed by atoms with Crippen molar-refractivity contribution < 1.29 is 4.74 Å². The van der Waals surface area contributed by atoms with Crippen LogP contribution in [-0.2, 0) is 5.54 Å². The molecular weight excluding hydrogens is 247 g/mol. The van der Waals surface area contributed by atoms with Gasteiger partial charge < -0.3 is 10.1 Å². The molecule has 0 aromatic heterocycles. The highest BCUT2D eigenvalue weighted by molar-refractivity contribution is 6.42. The summed E-state index contributed by atoms with van der Waals surface area (Å²) in [4.78, 5) is 0. The molecule has 2 heterocycles. The lowest BCUT2D eigenvalue weighted by Gasteiger charge is -2.35. The molecule has 2 N–H and O–H groups in total. The molecule has 0 saturated carbocycles. The van der Waals surface area contributed by atoms with E-state index in [1.54, 1.807) is 6.07 Å². The van der Waals surface area contributed by atoms with E-state index in [9.17, 15) is 0 Å². The van der Waals surface area contributed by atoms with E-state index in [4.69, 9.17) is 27.9 Å². The minimum Gasteiger partial charge on any atom is -0.493 e. The zero-order valence-corrected chi connectivity index (χ0v) is 10.2. The van der Waals surface area contributed by atoms with Gasteiger partial charge in [-0.3, -0.25) is 5.32 Å². The molecule has 1 atom stereocenters. The summed E-state index contributed by atoms with van der Waals surface area (Å²) in [6.07, 6.45) is 0.949. The topological polar surface area (TPSA) is 33.3 Å². The van der Waals surface area contributed by atoms with Gasteiger partial charge >= 0.3 is 0 Å². The molecule has 0 amide bonds. The van der Waals surface area contributed by atoms with Crippen molar-refractivity contribution in [2.24, 2.45) is 0 Å². The van der Waals surface area contributed by atoms with E-state index in [0.29, 0.717) is 16.7 Å². The Bertz CT molecular complexity index is 430. The number of halogens is 2. The van der Waals surface area contributed by atoms with Gasteiger partial charge in [-0.1, -0.05) is 23.2 Å². The number of hydrogen-bond donors (Lipinski definition) is 2. The Morgan fingerprint density at radius 3 is 2.81 bits per heavy atom. The molecule has 0 radical (unpaired) electrons. The van der Waals surface area contributed by atoms with Gasteiger partial charge in [-0.25, -0.2) is 0 Å². The van der Waals surface area contributed by atoms with E-state index in [-0.39, 0.29) is 5.54 Å².